The van der Waals surface area contributed by atoms with E-state index in [4.69, 9.17) is 11.5 Å². The first-order valence-electron chi connectivity index (χ1n) is 7.80. The van der Waals surface area contributed by atoms with Crippen LogP contribution in [0.15, 0.2) is 60.7 Å². The van der Waals surface area contributed by atoms with Crippen LogP contribution in [0.4, 0.5) is 11.9 Å². The molecule has 0 unspecified atom stereocenters. The summed E-state index contributed by atoms with van der Waals surface area (Å²) in [6.07, 6.45) is 4.14. The molecule has 0 radical (unpaired) electrons. The number of anilines is 2. The molecule has 0 spiro atoms. The lowest BCUT2D eigenvalue weighted by molar-refractivity contribution is 0.831. The number of nitrogens with two attached hydrogens (primary N) is 2. The van der Waals surface area contributed by atoms with Gasteiger partial charge in [0.05, 0.1) is 22.1 Å². The topological polar surface area (TPSA) is 87.7 Å². The van der Waals surface area contributed by atoms with Gasteiger partial charge in [0.2, 0.25) is 11.9 Å². The van der Waals surface area contributed by atoms with Crippen LogP contribution in [0.2, 0.25) is 0 Å². The molecular formula is C18H18N6. The number of nitrogens with zero attached hydrogens (tertiary/aromatic N) is 4. The largest absolute Gasteiger partial charge is 0.369 e. The van der Waals surface area contributed by atoms with Crippen molar-refractivity contribution >= 4 is 34.0 Å². The van der Waals surface area contributed by atoms with Crippen molar-refractivity contribution in [3.63, 3.8) is 0 Å². The molecule has 0 saturated heterocycles. The summed E-state index contributed by atoms with van der Waals surface area (Å²) in [7, 11) is 0. The van der Waals surface area contributed by atoms with Gasteiger partial charge in [-0.1, -0.05) is 36.4 Å². The Kier molecular flexibility index (Phi) is 3.42. The number of fused-ring (bicyclic) bond motifs is 2. The van der Waals surface area contributed by atoms with Gasteiger partial charge in [-0.2, -0.15) is 0 Å². The van der Waals surface area contributed by atoms with E-state index in [1.54, 1.807) is 0 Å². The highest BCUT2D eigenvalue weighted by atomic mass is 15.2. The van der Waals surface area contributed by atoms with E-state index in [0.29, 0.717) is 25.0 Å². The molecule has 0 fully saturated rings. The molecule has 2 aromatic carbocycles. The molecule has 2 aromatic heterocycles. The van der Waals surface area contributed by atoms with Gasteiger partial charge in [-0.15, -0.1) is 0 Å². The Bertz CT molecular complexity index is 956. The minimum Gasteiger partial charge on any atom is -0.369 e. The Morgan fingerprint density at radius 3 is 1.58 bits per heavy atom. The average Bonchev–Trinajstić information content (AvgIpc) is 3.08. The van der Waals surface area contributed by atoms with Crippen molar-refractivity contribution in [1.82, 2.24) is 19.1 Å². The van der Waals surface area contributed by atoms with Crippen molar-refractivity contribution in [3.8, 4) is 0 Å². The van der Waals surface area contributed by atoms with E-state index in [2.05, 4.69) is 22.1 Å². The molecule has 6 heteroatoms. The second kappa shape index (κ2) is 5.73. The van der Waals surface area contributed by atoms with E-state index in [1.807, 2.05) is 57.7 Å². The summed E-state index contributed by atoms with van der Waals surface area (Å²) in [4.78, 5) is 8.74. The van der Waals surface area contributed by atoms with E-state index in [0.717, 1.165) is 22.1 Å². The van der Waals surface area contributed by atoms with Crippen LogP contribution in [0.3, 0.4) is 0 Å². The van der Waals surface area contributed by atoms with Crippen molar-refractivity contribution in [2.45, 2.75) is 13.1 Å². The molecule has 4 N–H and O–H groups in total. The number of hydrogen-bond acceptors (Lipinski definition) is 4. The SMILES string of the molecule is Nc1nc2ccccc2n1C/C=C/Cn1c(N)nc2ccccc21. The van der Waals surface area contributed by atoms with Crippen molar-refractivity contribution in [2.75, 3.05) is 11.5 Å². The van der Waals surface area contributed by atoms with E-state index < -0.39 is 0 Å². The van der Waals surface area contributed by atoms with E-state index in [-0.39, 0.29) is 0 Å². The highest BCUT2D eigenvalue weighted by Crippen LogP contribution is 2.18. The Balaban J connectivity index is 1.55. The lowest BCUT2D eigenvalue weighted by Crippen LogP contribution is -2.03. The molecule has 2 heterocycles. The zero-order valence-corrected chi connectivity index (χ0v) is 13.1. The lowest BCUT2D eigenvalue weighted by Gasteiger charge is -2.04. The Hall–Kier alpha value is -3.28. The van der Waals surface area contributed by atoms with Crippen molar-refractivity contribution < 1.29 is 0 Å². The van der Waals surface area contributed by atoms with E-state index in [9.17, 15) is 0 Å². The fourth-order valence-corrected chi connectivity index (χ4v) is 2.93. The second-order valence-corrected chi connectivity index (χ2v) is 5.61. The van der Waals surface area contributed by atoms with Crippen LogP contribution in [0.5, 0.6) is 0 Å². The molecule has 6 nitrogen and oxygen atoms in total. The third kappa shape index (κ3) is 2.38. The normalized spacial score (nSPS) is 11.8. The summed E-state index contributed by atoms with van der Waals surface area (Å²) in [6.45, 7) is 1.33. The van der Waals surface area contributed by atoms with Crippen LogP contribution in [-0.2, 0) is 13.1 Å². The number of aromatic nitrogens is 4. The standard InChI is InChI=1S/C18H18N6/c19-17-21-13-7-1-3-9-15(13)23(17)11-5-6-12-24-16-10-4-2-8-14(16)22-18(24)20/h1-10H,11-12H2,(H2,19,21)(H2,20,22)/b6-5+. The molecule has 120 valence electrons. The Labute approximate surface area is 139 Å². The summed E-state index contributed by atoms with van der Waals surface area (Å²) in [5.74, 6) is 1.04. The van der Waals surface area contributed by atoms with Gasteiger partial charge in [-0.3, -0.25) is 0 Å². The van der Waals surface area contributed by atoms with Gasteiger partial charge in [-0.25, -0.2) is 9.97 Å². The smallest absolute Gasteiger partial charge is 0.201 e. The van der Waals surface area contributed by atoms with Gasteiger partial charge in [-0.05, 0) is 24.3 Å². The van der Waals surface area contributed by atoms with Crippen LogP contribution >= 0.6 is 0 Å². The predicted octanol–water partition coefficient (Wildman–Crippen LogP) is 2.81. The van der Waals surface area contributed by atoms with Gasteiger partial charge < -0.3 is 20.6 Å². The van der Waals surface area contributed by atoms with Gasteiger partial charge in [0.1, 0.15) is 0 Å². The zero-order valence-electron chi connectivity index (χ0n) is 13.1. The third-order valence-corrected chi connectivity index (χ3v) is 4.11. The quantitative estimate of drug-likeness (QED) is 0.566. The molecule has 0 amide bonds. The number of nitrogen functional groups attached to an aromatic ring is 2. The maximum atomic E-state index is 6.01. The van der Waals surface area contributed by atoms with Crippen LogP contribution in [0.1, 0.15) is 0 Å². The van der Waals surface area contributed by atoms with Crippen LogP contribution < -0.4 is 11.5 Å². The first-order valence-corrected chi connectivity index (χ1v) is 7.80. The number of imidazole rings is 2. The zero-order chi connectivity index (χ0) is 16.5. The first-order chi connectivity index (χ1) is 11.7. The molecule has 0 aliphatic carbocycles. The van der Waals surface area contributed by atoms with Gasteiger partial charge in [0, 0.05) is 13.1 Å². The Morgan fingerprint density at radius 2 is 1.12 bits per heavy atom. The molecule has 0 atom stereocenters. The maximum Gasteiger partial charge on any atom is 0.201 e. The molecule has 0 bridgehead atoms. The monoisotopic (exact) mass is 318 g/mol. The number of allylic oxidation sites excluding steroid dienone is 2. The fourth-order valence-electron chi connectivity index (χ4n) is 2.93. The predicted molar refractivity (Wildman–Crippen MR) is 97.4 cm³/mol. The summed E-state index contributed by atoms with van der Waals surface area (Å²) in [6, 6.07) is 15.9. The summed E-state index contributed by atoms with van der Waals surface area (Å²) >= 11 is 0. The summed E-state index contributed by atoms with van der Waals surface area (Å²) in [5, 5.41) is 0. The Morgan fingerprint density at radius 1 is 0.708 bits per heavy atom. The molecular weight excluding hydrogens is 300 g/mol. The van der Waals surface area contributed by atoms with Gasteiger partial charge in [0.15, 0.2) is 0 Å². The van der Waals surface area contributed by atoms with Crippen LogP contribution in [0.25, 0.3) is 22.1 Å². The molecule has 0 aliphatic rings. The minimum absolute atomic E-state index is 0.522. The molecule has 0 aliphatic heterocycles. The third-order valence-electron chi connectivity index (χ3n) is 4.11. The molecule has 4 rings (SSSR count). The number of hydrogen-bond donors (Lipinski definition) is 2. The van der Waals surface area contributed by atoms with E-state index in [1.165, 1.54) is 0 Å². The maximum absolute atomic E-state index is 6.01. The van der Waals surface area contributed by atoms with Crippen molar-refractivity contribution in [3.05, 3.63) is 60.7 Å². The molecule has 4 aromatic rings. The van der Waals surface area contributed by atoms with Crippen LogP contribution in [0, 0.1) is 0 Å². The molecule has 0 saturated carbocycles. The second-order valence-electron chi connectivity index (χ2n) is 5.61. The highest BCUT2D eigenvalue weighted by molar-refractivity contribution is 5.79. The minimum atomic E-state index is 0.522. The number of para-hydroxylation sites is 4. The van der Waals surface area contributed by atoms with Crippen LogP contribution in [-0.4, -0.2) is 19.1 Å². The summed E-state index contributed by atoms with van der Waals surface area (Å²) in [5.41, 5.74) is 15.9. The van der Waals surface area contributed by atoms with Gasteiger partial charge in [0.25, 0.3) is 0 Å². The molecule has 24 heavy (non-hydrogen) atoms. The first kappa shape index (κ1) is 14.3. The van der Waals surface area contributed by atoms with Crippen molar-refractivity contribution in [1.29, 1.82) is 0 Å². The van der Waals surface area contributed by atoms with E-state index >= 15 is 0 Å². The fraction of sp³-hybridized carbons (Fsp3) is 0.111. The highest BCUT2D eigenvalue weighted by Gasteiger charge is 2.06. The summed E-state index contributed by atoms with van der Waals surface area (Å²) < 4.78 is 3.97. The number of rotatable bonds is 4. The average molecular weight is 318 g/mol. The van der Waals surface area contributed by atoms with Gasteiger partial charge >= 0.3 is 0 Å². The lowest BCUT2D eigenvalue weighted by atomic mass is 10.3. The van der Waals surface area contributed by atoms with Crippen molar-refractivity contribution in [2.24, 2.45) is 0 Å². The number of benzene rings is 2.